The minimum absolute atomic E-state index is 0.423. The van der Waals surface area contributed by atoms with Gasteiger partial charge in [-0.25, -0.2) is 0 Å². The molecule has 0 aliphatic rings. The van der Waals surface area contributed by atoms with Crippen molar-refractivity contribution in [3.8, 4) is 0 Å². The van der Waals surface area contributed by atoms with E-state index in [4.69, 9.17) is 11.6 Å². The minimum atomic E-state index is 0.423. The Bertz CT molecular complexity index is 498. The van der Waals surface area contributed by atoms with E-state index in [1.165, 1.54) is 11.1 Å². The Kier molecular flexibility index (Phi) is 5.86. The molecule has 2 rings (SSSR count). The van der Waals surface area contributed by atoms with E-state index >= 15 is 0 Å². The molecule has 0 saturated heterocycles. The zero-order valence-corrected chi connectivity index (χ0v) is 14.2. The van der Waals surface area contributed by atoms with E-state index < -0.39 is 0 Å². The Morgan fingerprint density at radius 1 is 1.00 bits per heavy atom. The van der Waals surface area contributed by atoms with Gasteiger partial charge in [0.2, 0.25) is 0 Å². The van der Waals surface area contributed by atoms with Gasteiger partial charge < -0.3 is 0 Å². The first-order valence-corrected chi connectivity index (χ1v) is 8.19. The van der Waals surface area contributed by atoms with Crippen LogP contribution in [-0.4, -0.2) is 10.9 Å². The topological polar surface area (TPSA) is 12.9 Å². The van der Waals surface area contributed by atoms with Crippen molar-refractivity contribution in [1.82, 2.24) is 4.98 Å². The second kappa shape index (κ2) is 7.41. The van der Waals surface area contributed by atoms with Gasteiger partial charge >= 0.3 is 0 Å². The van der Waals surface area contributed by atoms with E-state index in [0.717, 1.165) is 21.8 Å². The van der Waals surface area contributed by atoms with Gasteiger partial charge in [0.05, 0.1) is 0 Å². The normalized spacial score (nSPS) is 12.4. The summed E-state index contributed by atoms with van der Waals surface area (Å²) in [5.74, 6) is 1.08. The van der Waals surface area contributed by atoms with E-state index in [1.54, 1.807) is 6.20 Å². The standard InChI is InChI=1S/C15H14Br2ClN/c16-14-3-1-2-11(6-14)4-12(8-18)5-13-7-15(17)10-19-9-13/h1-3,6-7,9-10,12H,4-5,8H2. The third kappa shape index (κ3) is 4.90. The molecule has 0 radical (unpaired) electrons. The Morgan fingerprint density at radius 3 is 2.42 bits per heavy atom. The van der Waals surface area contributed by atoms with E-state index in [9.17, 15) is 0 Å². The van der Waals surface area contributed by atoms with Gasteiger partial charge in [-0.3, -0.25) is 4.98 Å². The summed E-state index contributed by atoms with van der Waals surface area (Å²) in [5.41, 5.74) is 2.53. The predicted octanol–water partition coefficient (Wildman–Crippen LogP) is 5.25. The molecule has 19 heavy (non-hydrogen) atoms. The van der Waals surface area contributed by atoms with Crippen molar-refractivity contribution < 1.29 is 0 Å². The summed E-state index contributed by atoms with van der Waals surface area (Å²) in [6.45, 7) is 0. The number of aromatic nitrogens is 1. The number of halogens is 3. The molecule has 0 aliphatic carbocycles. The van der Waals surface area contributed by atoms with E-state index in [1.807, 2.05) is 12.3 Å². The van der Waals surface area contributed by atoms with Crippen LogP contribution in [0.5, 0.6) is 0 Å². The monoisotopic (exact) mass is 401 g/mol. The lowest BCUT2D eigenvalue weighted by atomic mass is 9.95. The fraction of sp³-hybridized carbons (Fsp3) is 0.267. The molecule has 1 nitrogen and oxygen atoms in total. The van der Waals surface area contributed by atoms with Crippen molar-refractivity contribution in [3.63, 3.8) is 0 Å². The van der Waals surface area contributed by atoms with Crippen molar-refractivity contribution in [2.24, 2.45) is 5.92 Å². The van der Waals surface area contributed by atoms with Gasteiger partial charge in [0.25, 0.3) is 0 Å². The highest BCUT2D eigenvalue weighted by atomic mass is 79.9. The lowest BCUT2D eigenvalue weighted by Crippen LogP contribution is -2.10. The molecule has 0 saturated carbocycles. The van der Waals surface area contributed by atoms with Crippen LogP contribution in [0.4, 0.5) is 0 Å². The fourth-order valence-electron chi connectivity index (χ4n) is 2.08. The largest absolute Gasteiger partial charge is 0.263 e. The Morgan fingerprint density at radius 2 is 1.74 bits per heavy atom. The summed E-state index contributed by atoms with van der Waals surface area (Å²) < 4.78 is 2.13. The van der Waals surface area contributed by atoms with Crippen LogP contribution in [0.1, 0.15) is 11.1 Å². The molecule has 0 amide bonds. The van der Waals surface area contributed by atoms with E-state index in [-0.39, 0.29) is 0 Å². The van der Waals surface area contributed by atoms with Gasteiger partial charge in [-0.15, -0.1) is 11.6 Å². The van der Waals surface area contributed by atoms with Crippen LogP contribution in [0, 0.1) is 5.92 Å². The van der Waals surface area contributed by atoms with Crippen LogP contribution < -0.4 is 0 Å². The third-order valence-electron chi connectivity index (χ3n) is 2.92. The van der Waals surface area contributed by atoms with Crippen molar-refractivity contribution in [3.05, 3.63) is 62.8 Å². The summed E-state index contributed by atoms with van der Waals surface area (Å²) in [6.07, 6.45) is 5.64. The smallest absolute Gasteiger partial charge is 0.0410 e. The van der Waals surface area contributed by atoms with Gasteiger partial charge in [0, 0.05) is 27.2 Å². The number of benzene rings is 1. The minimum Gasteiger partial charge on any atom is -0.263 e. The molecule has 2 aromatic rings. The van der Waals surface area contributed by atoms with Crippen molar-refractivity contribution >= 4 is 43.5 Å². The summed E-state index contributed by atoms with van der Waals surface area (Å²) in [7, 11) is 0. The predicted molar refractivity (Wildman–Crippen MR) is 87.7 cm³/mol. The summed E-state index contributed by atoms with van der Waals surface area (Å²) in [4.78, 5) is 4.20. The number of hydrogen-bond acceptors (Lipinski definition) is 1. The van der Waals surface area contributed by atoms with Crippen LogP contribution in [0.15, 0.2) is 51.7 Å². The van der Waals surface area contributed by atoms with Crippen LogP contribution in [0.3, 0.4) is 0 Å². The molecule has 1 aromatic carbocycles. The molecule has 0 spiro atoms. The van der Waals surface area contributed by atoms with Gasteiger partial charge in [0.1, 0.15) is 0 Å². The lowest BCUT2D eigenvalue weighted by Gasteiger charge is -2.14. The molecule has 1 aromatic heterocycles. The second-order valence-electron chi connectivity index (χ2n) is 4.57. The lowest BCUT2D eigenvalue weighted by molar-refractivity contribution is 0.582. The van der Waals surface area contributed by atoms with Crippen LogP contribution in [0.25, 0.3) is 0 Å². The summed E-state index contributed by atoms with van der Waals surface area (Å²) in [5, 5.41) is 0. The average molecular weight is 404 g/mol. The molecule has 1 heterocycles. The Labute approximate surface area is 135 Å². The molecule has 0 bridgehead atoms. The maximum atomic E-state index is 6.10. The molecular formula is C15H14Br2ClN. The number of hydrogen-bond donors (Lipinski definition) is 0. The maximum absolute atomic E-state index is 6.10. The fourth-order valence-corrected chi connectivity index (χ4v) is 3.16. The molecule has 0 N–H and O–H groups in total. The Balaban J connectivity index is 2.04. The van der Waals surface area contributed by atoms with Gasteiger partial charge in [-0.2, -0.15) is 0 Å². The van der Waals surface area contributed by atoms with Crippen molar-refractivity contribution in [1.29, 1.82) is 0 Å². The van der Waals surface area contributed by atoms with E-state index in [2.05, 4.69) is 61.1 Å². The highest BCUT2D eigenvalue weighted by Gasteiger charge is 2.10. The zero-order chi connectivity index (χ0) is 13.7. The Hall–Kier alpha value is -0.380. The molecule has 100 valence electrons. The molecule has 0 fully saturated rings. The number of rotatable bonds is 5. The number of nitrogens with zero attached hydrogens (tertiary/aromatic N) is 1. The third-order valence-corrected chi connectivity index (χ3v) is 4.28. The first-order valence-electron chi connectivity index (χ1n) is 6.07. The molecule has 1 unspecified atom stereocenters. The van der Waals surface area contributed by atoms with Crippen molar-refractivity contribution in [2.45, 2.75) is 12.8 Å². The SMILES string of the molecule is ClCC(Cc1cccc(Br)c1)Cc1cncc(Br)c1. The number of pyridine rings is 1. The first kappa shape index (κ1) is 15.0. The quantitative estimate of drug-likeness (QED) is 0.622. The van der Waals surface area contributed by atoms with Crippen LogP contribution in [0.2, 0.25) is 0 Å². The zero-order valence-electron chi connectivity index (χ0n) is 10.3. The molecule has 4 heteroatoms. The summed E-state index contributed by atoms with van der Waals surface area (Å²) in [6, 6.07) is 10.5. The second-order valence-corrected chi connectivity index (χ2v) is 6.71. The first-order chi connectivity index (χ1) is 9.17. The average Bonchev–Trinajstić information content (AvgIpc) is 2.38. The molecule has 1 atom stereocenters. The molecular weight excluding hydrogens is 389 g/mol. The van der Waals surface area contributed by atoms with Gasteiger partial charge in [-0.1, -0.05) is 28.1 Å². The molecule has 0 aliphatic heterocycles. The highest BCUT2D eigenvalue weighted by Crippen LogP contribution is 2.20. The number of alkyl halides is 1. The van der Waals surface area contributed by atoms with Gasteiger partial charge in [-0.05, 0) is 64.0 Å². The van der Waals surface area contributed by atoms with Crippen molar-refractivity contribution in [2.75, 3.05) is 5.88 Å². The van der Waals surface area contributed by atoms with Gasteiger partial charge in [0.15, 0.2) is 0 Å². The van der Waals surface area contributed by atoms with E-state index in [0.29, 0.717) is 11.8 Å². The maximum Gasteiger partial charge on any atom is 0.0410 e. The highest BCUT2D eigenvalue weighted by molar-refractivity contribution is 9.10. The van der Waals surface area contributed by atoms with Crippen LogP contribution in [-0.2, 0) is 12.8 Å². The summed E-state index contributed by atoms with van der Waals surface area (Å²) >= 11 is 13.1. The van der Waals surface area contributed by atoms with Crippen LogP contribution >= 0.6 is 43.5 Å².